The van der Waals surface area contributed by atoms with Crippen LogP contribution in [-0.4, -0.2) is 75.9 Å². The average Bonchev–Trinajstić information content (AvgIpc) is 2.55. The lowest BCUT2D eigenvalue weighted by Crippen LogP contribution is -2.55. The van der Waals surface area contributed by atoms with E-state index in [0.717, 1.165) is 12.1 Å². The standard InChI is InChI=1S/C18H27FN2O4/c1-20(2)17(22)10-18(13-23-3)12-21(7-8-25-18)11-14-5-6-16(24-4)15(19)9-14/h5-6,9H,7-8,10-13H2,1-4H3/t18-/m0/s1. The van der Waals surface area contributed by atoms with Crippen LogP contribution in [-0.2, 0) is 20.8 Å². The van der Waals surface area contributed by atoms with E-state index in [9.17, 15) is 9.18 Å². The molecule has 0 aliphatic carbocycles. The summed E-state index contributed by atoms with van der Waals surface area (Å²) < 4.78 is 30.1. The van der Waals surface area contributed by atoms with Gasteiger partial charge in [0.15, 0.2) is 11.6 Å². The SMILES string of the molecule is COC[C@]1(CC(=O)N(C)C)CN(Cc2ccc(OC)c(F)c2)CCO1. The third-order valence-electron chi connectivity index (χ3n) is 4.33. The summed E-state index contributed by atoms with van der Waals surface area (Å²) in [6.07, 6.45) is 0.251. The molecule has 0 bridgehead atoms. The summed E-state index contributed by atoms with van der Waals surface area (Å²) in [4.78, 5) is 15.9. The second kappa shape index (κ2) is 8.60. The third kappa shape index (κ3) is 5.14. The first-order valence-electron chi connectivity index (χ1n) is 8.27. The van der Waals surface area contributed by atoms with Crippen molar-refractivity contribution in [2.75, 3.05) is 54.6 Å². The van der Waals surface area contributed by atoms with Crippen LogP contribution >= 0.6 is 0 Å². The fourth-order valence-electron chi connectivity index (χ4n) is 3.07. The van der Waals surface area contributed by atoms with E-state index in [1.165, 1.54) is 13.2 Å². The highest BCUT2D eigenvalue weighted by Gasteiger charge is 2.39. The molecular formula is C18H27FN2O4. The number of methoxy groups -OCH3 is 2. The first kappa shape index (κ1) is 19.6. The fraction of sp³-hybridized carbons (Fsp3) is 0.611. The number of amides is 1. The van der Waals surface area contributed by atoms with Crippen LogP contribution in [0.4, 0.5) is 4.39 Å². The molecule has 1 aromatic rings. The number of halogens is 1. The maximum atomic E-state index is 13.9. The summed E-state index contributed by atoms with van der Waals surface area (Å²) in [6.45, 7) is 2.68. The molecule has 0 N–H and O–H groups in total. The van der Waals surface area contributed by atoms with Crippen molar-refractivity contribution in [1.82, 2.24) is 9.80 Å². The zero-order valence-electron chi connectivity index (χ0n) is 15.4. The molecule has 7 heteroatoms. The van der Waals surface area contributed by atoms with E-state index in [1.807, 2.05) is 6.07 Å². The van der Waals surface area contributed by atoms with Gasteiger partial charge in [-0.15, -0.1) is 0 Å². The van der Waals surface area contributed by atoms with Gasteiger partial charge in [-0.05, 0) is 17.7 Å². The lowest BCUT2D eigenvalue weighted by atomic mass is 9.96. The predicted molar refractivity (Wildman–Crippen MR) is 92.1 cm³/mol. The molecule has 1 aliphatic rings. The molecule has 25 heavy (non-hydrogen) atoms. The molecule has 0 aromatic heterocycles. The van der Waals surface area contributed by atoms with Crippen molar-refractivity contribution >= 4 is 5.91 Å². The lowest BCUT2D eigenvalue weighted by Gasteiger charge is -2.42. The molecule has 140 valence electrons. The van der Waals surface area contributed by atoms with Crippen molar-refractivity contribution in [1.29, 1.82) is 0 Å². The molecule has 0 spiro atoms. The summed E-state index contributed by atoms with van der Waals surface area (Å²) in [5, 5.41) is 0. The summed E-state index contributed by atoms with van der Waals surface area (Å²) in [5.74, 6) is -0.148. The minimum absolute atomic E-state index is 0.00519. The van der Waals surface area contributed by atoms with E-state index in [4.69, 9.17) is 14.2 Å². The molecular weight excluding hydrogens is 327 g/mol. The predicted octanol–water partition coefficient (Wildman–Crippen LogP) is 1.53. The van der Waals surface area contributed by atoms with Crippen LogP contribution in [0.2, 0.25) is 0 Å². The minimum Gasteiger partial charge on any atom is -0.494 e. The third-order valence-corrected chi connectivity index (χ3v) is 4.33. The number of hydrogen-bond acceptors (Lipinski definition) is 5. The van der Waals surface area contributed by atoms with Crippen molar-refractivity contribution in [2.45, 2.75) is 18.6 Å². The largest absolute Gasteiger partial charge is 0.494 e. The molecule has 1 aromatic carbocycles. The van der Waals surface area contributed by atoms with E-state index in [2.05, 4.69) is 4.90 Å². The Morgan fingerprint density at radius 3 is 2.76 bits per heavy atom. The molecule has 1 fully saturated rings. The number of carbonyl (C=O) groups is 1. The topological polar surface area (TPSA) is 51.2 Å². The molecule has 1 atom stereocenters. The smallest absolute Gasteiger partial charge is 0.225 e. The van der Waals surface area contributed by atoms with Crippen LogP contribution in [0.15, 0.2) is 18.2 Å². The second-order valence-electron chi connectivity index (χ2n) is 6.61. The van der Waals surface area contributed by atoms with Gasteiger partial charge in [0.05, 0.1) is 26.7 Å². The highest BCUT2D eigenvalue weighted by Crippen LogP contribution is 2.26. The Hall–Kier alpha value is -1.70. The maximum absolute atomic E-state index is 13.9. The Bertz CT molecular complexity index is 592. The van der Waals surface area contributed by atoms with Crippen molar-refractivity contribution in [3.63, 3.8) is 0 Å². The van der Waals surface area contributed by atoms with Crippen molar-refractivity contribution in [3.05, 3.63) is 29.6 Å². The first-order chi connectivity index (χ1) is 11.9. The quantitative estimate of drug-likeness (QED) is 0.743. The van der Waals surface area contributed by atoms with E-state index < -0.39 is 5.60 Å². The zero-order chi connectivity index (χ0) is 18.4. The highest BCUT2D eigenvalue weighted by atomic mass is 19.1. The average molecular weight is 354 g/mol. The highest BCUT2D eigenvalue weighted by molar-refractivity contribution is 5.76. The molecule has 0 radical (unpaired) electrons. The zero-order valence-corrected chi connectivity index (χ0v) is 15.4. The molecule has 1 heterocycles. The van der Waals surface area contributed by atoms with Gasteiger partial charge in [-0.25, -0.2) is 4.39 Å². The van der Waals surface area contributed by atoms with Gasteiger partial charge < -0.3 is 19.1 Å². The van der Waals surface area contributed by atoms with Crippen molar-refractivity contribution in [3.8, 4) is 5.75 Å². The Morgan fingerprint density at radius 2 is 2.16 bits per heavy atom. The van der Waals surface area contributed by atoms with E-state index in [-0.39, 0.29) is 23.9 Å². The molecule has 0 saturated carbocycles. The number of nitrogens with zero attached hydrogens (tertiary/aromatic N) is 2. The van der Waals surface area contributed by atoms with E-state index in [1.54, 1.807) is 32.2 Å². The Morgan fingerprint density at radius 1 is 1.40 bits per heavy atom. The fourth-order valence-corrected chi connectivity index (χ4v) is 3.07. The van der Waals surface area contributed by atoms with Crippen LogP contribution < -0.4 is 4.74 Å². The Labute approximate surface area is 148 Å². The number of benzene rings is 1. The summed E-state index contributed by atoms with van der Waals surface area (Å²) in [5.41, 5.74) is 0.171. The maximum Gasteiger partial charge on any atom is 0.225 e. The van der Waals surface area contributed by atoms with Crippen molar-refractivity contribution < 1.29 is 23.4 Å². The number of morpholine rings is 1. The molecule has 0 unspecified atom stereocenters. The van der Waals surface area contributed by atoms with Gasteiger partial charge in [0.2, 0.25) is 5.91 Å². The number of hydrogen-bond donors (Lipinski definition) is 0. The normalized spacial score (nSPS) is 21.2. The molecule has 1 amide bonds. The van der Waals surface area contributed by atoms with Gasteiger partial charge in [0.25, 0.3) is 0 Å². The van der Waals surface area contributed by atoms with Crippen LogP contribution in [0.3, 0.4) is 0 Å². The minimum atomic E-state index is -0.681. The number of ether oxygens (including phenoxy) is 3. The van der Waals surface area contributed by atoms with Gasteiger partial charge in [-0.3, -0.25) is 9.69 Å². The molecule has 2 rings (SSSR count). The Balaban J connectivity index is 2.09. The summed E-state index contributed by atoms with van der Waals surface area (Å²) >= 11 is 0. The van der Waals surface area contributed by atoms with Gasteiger partial charge in [-0.1, -0.05) is 6.07 Å². The van der Waals surface area contributed by atoms with Crippen LogP contribution in [0.1, 0.15) is 12.0 Å². The van der Waals surface area contributed by atoms with Gasteiger partial charge in [0, 0.05) is 40.8 Å². The van der Waals surface area contributed by atoms with Gasteiger partial charge >= 0.3 is 0 Å². The number of carbonyl (C=O) groups excluding carboxylic acids is 1. The van der Waals surface area contributed by atoms with E-state index >= 15 is 0 Å². The van der Waals surface area contributed by atoms with Crippen molar-refractivity contribution in [2.24, 2.45) is 0 Å². The second-order valence-corrected chi connectivity index (χ2v) is 6.61. The van der Waals surface area contributed by atoms with E-state index in [0.29, 0.717) is 26.3 Å². The van der Waals surface area contributed by atoms with Gasteiger partial charge in [0.1, 0.15) is 5.60 Å². The summed E-state index contributed by atoms with van der Waals surface area (Å²) in [6, 6.07) is 4.96. The van der Waals surface area contributed by atoms with Crippen LogP contribution in [0, 0.1) is 5.82 Å². The molecule has 1 saturated heterocycles. The first-order valence-corrected chi connectivity index (χ1v) is 8.27. The monoisotopic (exact) mass is 354 g/mol. The lowest BCUT2D eigenvalue weighted by molar-refractivity contribution is -0.160. The summed E-state index contributed by atoms with van der Waals surface area (Å²) in [7, 11) is 6.50. The van der Waals surface area contributed by atoms with Gasteiger partial charge in [-0.2, -0.15) is 0 Å². The van der Waals surface area contributed by atoms with Crippen LogP contribution in [0.25, 0.3) is 0 Å². The molecule has 1 aliphatic heterocycles. The van der Waals surface area contributed by atoms with Crippen LogP contribution in [0.5, 0.6) is 5.75 Å². The Kier molecular flexibility index (Phi) is 6.75. The number of rotatable bonds is 7. The molecule has 6 nitrogen and oxygen atoms in total.